The standard InChI is InChI=1S/C10H12O2S/c1-11-10-7-13-9-5-3-2-4-8(9)6-12-10/h2-5,10H,6-7H2,1H3. The van der Waals surface area contributed by atoms with Crippen molar-refractivity contribution in [2.45, 2.75) is 17.8 Å². The second-order valence-corrected chi connectivity index (χ2v) is 3.96. The molecule has 0 radical (unpaired) electrons. The van der Waals surface area contributed by atoms with E-state index in [0.717, 1.165) is 5.75 Å². The number of ether oxygens (including phenoxy) is 2. The minimum absolute atomic E-state index is 0.0719. The van der Waals surface area contributed by atoms with Crippen molar-refractivity contribution in [3.8, 4) is 0 Å². The first kappa shape index (κ1) is 9.06. The summed E-state index contributed by atoms with van der Waals surface area (Å²) in [5.41, 5.74) is 1.26. The summed E-state index contributed by atoms with van der Waals surface area (Å²) in [6.45, 7) is 0.654. The molecule has 2 rings (SSSR count). The quantitative estimate of drug-likeness (QED) is 0.686. The van der Waals surface area contributed by atoms with Gasteiger partial charge < -0.3 is 9.47 Å². The van der Waals surface area contributed by atoms with Crippen molar-refractivity contribution in [1.82, 2.24) is 0 Å². The maximum atomic E-state index is 5.54. The number of methoxy groups -OCH3 is 1. The lowest BCUT2D eigenvalue weighted by atomic mass is 10.2. The topological polar surface area (TPSA) is 18.5 Å². The Morgan fingerprint density at radius 2 is 2.31 bits per heavy atom. The predicted octanol–water partition coefficient (Wildman–Crippen LogP) is 2.28. The van der Waals surface area contributed by atoms with Gasteiger partial charge in [-0.2, -0.15) is 0 Å². The van der Waals surface area contributed by atoms with Crippen molar-refractivity contribution in [3.63, 3.8) is 0 Å². The molecule has 0 spiro atoms. The second-order valence-electron chi connectivity index (χ2n) is 2.89. The average molecular weight is 196 g/mol. The van der Waals surface area contributed by atoms with Gasteiger partial charge in [0.05, 0.1) is 6.61 Å². The molecule has 0 aromatic heterocycles. The van der Waals surface area contributed by atoms with Crippen LogP contribution in [0.25, 0.3) is 0 Å². The predicted molar refractivity (Wildman–Crippen MR) is 52.8 cm³/mol. The molecule has 1 aromatic rings. The first-order valence-corrected chi connectivity index (χ1v) is 5.24. The molecule has 0 fully saturated rings. The van der Waals surface area contributed by atoms with E-state index in [1.54, 1.807) is 18.9 Å². The third-order valence-electron chi connectivity index (χ3n) is 2.04. The highest BCUT2D eigenvalue weighted by Crippen LogP contribution is 2.28. The smallest absolute Gasteiger partial charge is 0.166 e. The van der Waals surface area contributed by atoms with Crippen LogP contribution in [-0.4, -0.2) is 19.2 Å². The van der Waals surface area contributed by atoms with E-state index in [1.165, 1.54) is 10.5 Å². The Balaban J connectivity index is 2.17. The van der Waals surface area contributed by atoms with E-state index in [9.17, 15) is 0 Å². The van der Waals surface area contributed by atoms with E-state index in [0.29, 0.717) is 6.61 Å². The molecule has 0 amide bonds. The molecule has 0 bridgehead atoms. The SMILES string of the molecule is COC1CSc2ccccc2CO1. The largest absolute Gasteiger partial charge is 0.355 e. The van der Waals surface area contributed by atoms with Gasteiger partial charge in [-0.05, 0) is 11.6 Å². The first-order chi connectivity index (χ1) is 6.40. The molecule has 13 heavy (non-hydrogen) atoms. The maximum Gasteiger partial charge on any atom is 0.166 e. The Morgan fingerprint density at radius 3 is 3.15 bits per heavy atom. The third kappa shape index (κ3) is 2.05. The zero-order valence-electron chi connectivity index (χ0n) is 7.53. The Bertz CT molecular complexity index is 261. The van der Waals surface area contributed by atoms with Gasteiger partial charge in [-0.25, -0.2) is 0 Å². The van der Waals surface area contributed by atoms with Gasteiger partial charge in [-0.3, -0.25) is 0 Å². The molecular formula is C10H12O2S. The van der Waals surface area contributed by atoms with E-state index in [1.807, 2.05) is 6.07 Å². The van der Waals surface area contributed by atoms with Crippen molar-refractivity contribution in [3.05, 3.63) is 29.8 Å². The third-order valence-corrected chi connectivity index (χ3v) is 3.18. The fraction of sp³-hybridized carbons (Fsp3) is 0.400. The number of benzene rings is 1. The van der Waals surface area contributed by atoms with Gasteiger partial charge in [0.1, 0.15) is 0 Å². The average Bonchev–Trinajstić information content (AvgIpc) is 2.39. The molecule has 1 atom stereocenters. The number of hydrogen-bond acceptors (Lipinski definition) is 3. The summed E-state index contributed by atoms with van der Waals surface area (Å²) in [6.07, 6.45) is -0.0719. The molecule has 3 heteroatoms. The zero-order valence-corrected chi connectivity index (χ0v) is 8.34. The van der Waals surface area contributed by atoms with Crippen LogP contribution in [0.4, 0.5) is 0 Å². The van der Waals surface area contributed by atoms with Gasteiger partial charge in [0, 0.05) is 17.8 Å². The molecular weight excluding hydrogens is 184 g/mol. The normalized spacial score (nSPS) is 22.1. The fourth-order valence-electron chi connectivity index (χ4n) is 1.29. The van der Waals surface area contributed by atoms with Crippen LogP contribution in [0.5, 0.6) is 0 Å². The van der Waals surface area contributed by atoms with Crippen molar-refractivity contribution < 1.29 is 9.47 Å². The number of thioether (sulfide) groups is 1. The first-order valence-electron chi connectivity index (χ1n) is 4.25. The Morgan fingerprint density at radius 1 is 1.46 bits per heavy atom. The molecule has 1 aliphatic rings. The molecule has 0 N–H and O–H groups in total. The molecule has 1 aliphatic heterocycles. The van der Waals surface area contributed by atoms with Crippen LogP contribution in [0.15, 0.2) is 29.2 Å². The van der Waals surface area contributed by atoms with Gasteiger partial charge in [-0.1, -0.05) is 18.2 Å². The molecule has 70 valence electrons. The summed E-state index contributed by atoms with van der Waals surface area (Å²) in [5.74, 6) is 0.869. The van der Waals surface area contributed by atoms with E-state index in [-0.39, 0.29) is 6.29 Å². The molecule has 0 aliphatic carbocycles. The molecule has 1 aromatic carbocycles. The van der Waals surface area contributed by atoms with Crippen molar-refractivity contribution in [1.29, 1.82) is 0 Å². The molecule has 1 heterocycles. The molecule has 0 saturated carbocycles. The van der Waals surface area contributed by atoms with E-state index >= 15 is 0 Å². The summed E-state index contributed by atoms with van der Waals surface area (Å²) >= 11 is 1.79. The number of hydrogen-bond donors (Lipinski definition) is 0. The lowest BCUT2D eigenvalue weighted by Crippen LogP contribution is -2.15. The fourth-order valence-corrected chi connectivity index (χ4v) is 2.32. The Labute approximate surface area is 82.2 Å². The van der Waals surface area contributed by atoms with Gasteiger partial charge >= 0.3 is 0 Å². The van der Waals surface area contributed by atoms with E-state index in [4.69, 9.17) is 9.47 Å². The Hall–Kier alpha value is -0.510. The van der Waals surface area contributed by atoms with Gasteiger partial charge in [0.25, 0.3) is 0 Å². The van der Waals surface area contributed by atoms with Crippen LogP contribution >= 0.6 is 11.8 Å². The molecule has 0 saturated heterocycles. The van der Waals surface area contributed by atoms with Gasteiger partial charge in [-0.15, -0.1) is 11.8 Å². The highest BCUT2D eigenvalue weighted by Gasteiger charge is 2.15. The summed E-state index contributed by atoms with van der Waals surface area (Å²) in [5, 5.41) is 0. The van der Waals surface area contributed by atoms with Gasteiger partial charge in [0.15, 0.2) is 6.29 Å². The highest BCUT2D eigenvalue weighted by molar-refractivity contribution is 7.99. The lowest BCUT2D eigenvalue weighted by Gasteiger charge is -2.10. The van der Waals surface area contributed by atoms with Crippen LogP contribution in [0.2, 0.25) is 0 Å². The lowest BCUT2D eigenvalue weighted by molar-refractivity contribution is -0.114. The van der Waals surface area contributed by atoms with Crippen molar-refractivity contribution >= 4 is 11.8 Å². The summed E-state index contributed by atoms with van der Waals surface area (Å²) in [6, 6.07) is 8.32. The number of rotatable bonds is 1. The second kappa shape index (κ2) is 4.13. The Kier molecular flexibility index (Phi) is 2.88. The summed E-state index contributed by atoms with van der Waals surface area (Å²) in [7, 11) is 1.68. The highest BCUT2D eigenvalue weighted by atomic mass is 32.2. The van der Waals surface area contributed by atoms with Crippen LogP contribution < -0.4 is 0 Å². The summed E-state index contributed by atoms with van der Waals surface area (Å²) in [4.78, 5) is 1.31. The van der Waals surface area contributed by atoms with E-state index < -0.39 is 0 Å². The zero-order chi connectivity index (χ0) is 9.10. The molecule has 1 unspecified atom stereocenters. The van der Waals surface area contributed by atoms with Crippen molar-refractivity contribution in [2.75, 3.05) is 12.9 Å². The maximum absolute atomic E-state index is 5.54. The van der Waals surface area contributed by atoms with Crippen LogP contribution in [0.1, 0.15) is 5.56 Å². The van der Waals surface area contributed by atoms with Crippen LogP contribution in [0.3, 0.4) is 0 Å². The van der Waals surface area contributed by atoms with Crippen LogP contribution in [-0.2, 0) is 16.1 Å². The van der Waals surface area contributed by atoms with Crippen molar-refractivity contribution in [2.24, 2.45) is 0 Å². The van der Waals surface area contributed by atoms with E-state index in [2.05, 4.69) is 18.2 Å². The molecule has 2 nitrogen and oxygen atoms in total. The minimum Gasteiger partial charge on any atom is -0.355 e. The van der Waals surface area contributed by atoms with Gasteiger partial charge in [0.2, 0.25) is 0 Å². The number of fused-ring (bicyclic) bond motifs is 1. The monoisotopic (exact) mass is 196 g/mol. The van der Waals surface area contributed by atoms with Crippen LogP contribution in [0, 0.1) is 0 Å². The summed E-state index contributed by atoms with van der Waals surface area (Å²) < 4.78 is 10.7. The minimum atomic E-state index is -0.0719.